The zero-order chi connectivity index (χ0) is 20.8. The molecule has 0 spiro atoms. The fourth-order valence-electron chi connectivity index (χ4n) is 4.62. The van der Waals surface area contributed by atoms with E-state index in [-0.39, 0.29) is 0 Å². The number of hydrogen-bond donors (Lipinski definition) is 0. The molecule has 1 aromatic heterocycles. The molecule has 2 aliphatic heterocycles. The third kappa shape index (κ3) is 3.31. The Labute approximate surface area is 181 Å². The number of likely N-dealkylation sites (tertiary alicyclic amines) is 1. The Hall–Kier alpha value is -3.44. The second-order valence-electron chi connectivity index (χ2n) is 8.56. The number of aliphatic imine (C=N–C) groups is 2. The van der Waals surface area contributed by atoms with Crippen LogP contribution in [0.15, 0.2) is 76.8 Å². The maximum absolute atomic E-state index is 4.87. The zero-order valence-electron chi connectivity index (χ0n) is 17.5. The van der Waals surface area contributed by atoms with Gasteiger partial charge in [-0.1, -0.05) is 55.5 Å². The predicted octanol–water partition coefficient (Wildman–Crippen LogP) is 4.48. The van der Waals surface area contributed by atoms with E-state index >= 15 is 0 Å². The van der Waals surface area contributed by atoms with E-state index in [0.717, 1.165) is 46.3 Å². The standard InChI is InChI=1S/C26H23N5/c1-17-14-31(15-17)16-18-10-11-21(20-7-3-2-6-19(18)20)26-28-13-25(30-26)24-12-27-22-8-4-5-9-23(22)29-24/h2-12,17H,13-16H2,1H3. The minimum atomic E-state index is 0.532. The number of amidine groups is 1. The average Bonchev–Trinajstić information content (AvgIpc) is 3.28. The lowest BCUT2D eigenvalue weighted by molar-refractivity contribution is 0.105. The molecule has 0 saturated carbocycles. The molecule has 3 heterocycles. The highest BCUT2D eigenvalue weighted by molar-refractivity contribution is 6.20. The molecule has 5 heteroatoms. The molecule has 1 saturated heterocycles. The van der Waals surface area contributed by atoms with Crippen LogP contribution >= 0.6 is 0 Å². The number of benzene rings is 3. The molecule has 0 N–H and O–H groups in total. The molecule has 3 aromatic carbocycles. The van der Waals surface area contributed by atoms with Crippen LogP contribution in [0, 0.1) is 5.92 Å². The van der Waals surface area contributed by atoms with Gasteiger partial charge in [0.1, 0.15) is 5.69 Å². The molecule has 0 amide bonds. The van der Waals surface area contributed by atoms with E-state index in [9.17, 15) is 0 Å². The first kappa shape index (κ1) is 18.3. The summed E-state index contributed by atoms with van der Waals surface area (Å²) in [6.07, 6.45) is 1.80. The van der Waals surface area contributed by atoms with Crippen LogP contribution in [0.3, 0.4) is 0 Å². The van der Waals surface area contributed by atoms with Crippen molar-refractivity contribution in [3.8, 4) is 0 Å². The first-order valence-electron chi connectivity index (χ1n) is 10.8. The van der Waals surface area contributed by atoms with Crippen molar-refractivity contribution in [2.45, 2.75) is 13.5 Å². The summed E-state index contributed by atoms with van der Waals surface area (Å²) in [7, 11) is 0. The van der Waals surface area contributed by atoms with Crippen LogP contribution in [0.4, 0.5) is 0 Å². The molecule has 31 heavy (non-hydrogen) atoms. The third-order valence-electron chi connectivity index (χ3n) is 6.15. The lowest BCUT2D eigenvalue weighted by atomic mass is 9.96. The molecule has 5 nitrogen and oxygen atoms in total. The lowest BCUT2D eigenvalue weighted by Gasteiger charge is -2.37. The highest BCUT2D eigenvalue weighted by atomic mass is 15.2. The molecule has 0 atom stereocenters. The summed E-state index contributed by atoms with van der Waals surface area (Å²) in [6.45, 7) is 6.21. The molecule has 0 bridgehead atoms. The van der Waals surface area contributed by atoms with Crippen molar-refractivity contribution >= 4 is 33.4 Å². The van der Waals surface area contributed by atoms with Gasteiger partial charge >= 0.3 is 0 Å². The molecule has 0 radical (unpaired) electrons. The van der Waals surface area contributed by atoms with Crippen molar-refractivity contribution in [2.75, 3.05) is 19.6 Å². The fraction of sp³-hybridized carbons (Fsp3) is 0.231. The number of rotatable bonds is 4. The summed E-state index contributed by atoms with van der Waals surface area (Å²) in [5.74, 6) is 1.59. The van der Waals surface area contributed by atoms with Crippen LogP contribution in [-0.4, -0.2) is 46.0 Å². The summed E-state index contributed by atoms with van der Waals surface area (Å²) >= 11 is 0. The van der Waals surface area contributed by atoms with E-state index < -0.39 is 0 Å². The maximum Gasteiger partial charge on any atom is 0.156 e. The molecular formula is C26H23N5. The number of aromatic nitrogens is 2. The van der Waals surface area contributed by atoms with Crippen molar-refractivity contribution in [3.05, 3.63) is 83.7 Å². The van der Waals surface area contributed by atoms with Crippen LogP contribution in [0.5, 0.6) is 0 Å². The van der Waals surface area contributed by atoms with E-state index in [1.807, 2.05) is 24.3 Å². The minimum absolute atomic E-state index is 0.532. The predicted molar refractivity (Wildman–Crippen MR) is 126 cm³/mol. The van der Waals surface area contributed by atoms with Gasteiger partial charge < -0.3 is 0 Å². The van der Waals surface area contributed by atoms with E-state index in [2.05, 4.69) is 53.2 Å². The highest BCUT2D eigenvalue weighted by Crippen LogP contribution is 2.28. The van der Waals surface area contributed by atoms with Crippen molar-refractivity contribution in [1.82, 2.24) is 14.9 Å². The van der Waals surface area contributed by atoms with Gasteiger partial charge in [0, 0.05) is 25.2 Å². The molecule has 0 aliphatic carbocycles. The van der Waals surface area contributed by atoms with Gasteiger partial charge in [0.05, 0.1) is 29.5 Å². The van der Waals surface area contributed by atoms with Gasteiger partial charge in [-0.3, -0.25) is 14.9 Å². The zero-order valence-corrected chi connectivity index (χ0v) is 17.5. The monoisotopic (exact) mass is 405 g/mol. The van der Waals surface area contributed by atoms with Crippen molar-refractivity contribution < 1.29 is 0 Å². The van der Waals surface area contributed by atoms with E-state index in [1.165, 1.54) is 29.4 Å². The molecule has 1 fully saturated rings. The van der Waals surface area contributed by atoms with Crippen LogP contribution in [0.1, 0.15) is 23.7 Å². The highest BCUT2D eigenvalue weighted by Gasteiger charge is 2.23. The third-order valence-corrected chi connectivity index (χ3v) is 6.15. The molecule has 2 aliphatic rings. The van der Waals surface area contributed by atoms with E-state index in [4.69, 9.17) is 15.0 Å². The average molecular weight is 406 g/mol. The molecule has 6 rings (SSSR count). The Kier molecular flexibility index (Phi) is 4.35. The lowest BCUT2D eigenvalue weighted by Crippen LogP contribution is -2.44. The fourth-order valence-corrected chi connectivity index (χ4v) is 4.62. The Bertz CT molecular complexity index is 1360. The second-order valence-corrected chi connectivity index (χ2v) is 8.56. The van der Waals surface area contributed by atoms with Gasteiger partial charge in [0.2, 0.25) is 0 Å². The van der Waals surface area contributed by atoms with Crippen molar-refractivity contribution in [1.29, 1.82) is 0 Å². The number of para-hydroxylation sites is 2. The molecule has 0 unspecified atom stereocenters. The van der Waals surface area contributed by atoms with Gasteiger partial charge in [0.15, 0.2) is 5.84 Å². The number of hydrogen-bond acceptors (Lipinski definition) is 5. The Morgan fingerprint density at radius 1 is 0.903 bits per heavy atom. The second kappa shape index (κ2) is 7.36. The first-order chi connectivity index (χ1) is 15.2. The quantitative estimate of drug-likeness (QED) is 0.503. The van der Waals surface area contributed by atoms with Crippen LogP contribution in [-0.2, 0) is 6.54 Å². The Morgan fingerprint density at radius 2 is 1.68 bits per heavy atom. The van der Waals surface area contributed by atoms with Gasteiger partial charge in [0.25, 0.3) is 0 Å². The van der Waals surface area contributed by atoms with E-state index in [1.54, 1.807) is 6.20 Å². The summed E-state index contributed by atoms with van der Waals surface area (Å²) < 4.78 is 0. The van der Waals surface area contributed by atoms with Gasteiger partial charge in [-0.05, 0) is 34.4 Å². The van der Waals surface area contributed by atoms with Crippen LogP contribution in [0.2, 0.25) is 0 Å². The number of nitrogens with zero attached hydrogens (tertiary/aromatic N) is 5. The van der Waals surface area contributed by atoms with E-state index in [0.29, 0.717) is 6.54 Å². The molecule has 152 valence electrons. The maximum atomic E-state index is 4.87. The SMILES string of the molecule is CC1CN(Cc2ccc(C3=NCC(c4cnc5ccccc5n4)=N3)c3ccccc23)C1. The van der Waals surface area contributed by atoms with Crippen LogP contribution < -0.4 is 0 Å². The van der Waals surface area contributed by atoms with Gasteiger partial charge in [-0.2, -0.15) is 0 Å². The summed E-state index contributed by atoms with van der Waals surface area (Å²) in [5.41, 5.74) is 5.89. The van der Waals surface area contributed by atoms with Crippen molar-refractivity contribution in [3.63, 3.8) is 0 Å². The van der Waals surface area contributed by atoms with Gasteiger partial charge in [-0.25, -0.2) is 9.98 Å². The topological polar surface area (TPSA) is 53.7 Å². The summed E-state index contributed by atoms with van der Waals surface area (Å²) in [5, 5.41) is 2.50. The number of fused-ring (bicyclic) bond motifs is 2. The van der Waals surface area contributed by atoms with Gasteiger partial charge in [-0.15, -0.1) is 0 Å². The minimum Gasteiger partial charge on any atom is -0.298 e. The smallest absolute Gasteiger partial charge is 0.156 e. The largest absolute Gasteiger partial charge is 0.298 e. The molecule has 4 aromatic rings. The normalized spacial score (nSPS) is 17.1. The first-order valence-corrected chi connectivity index (χ1v) is 10.8. The van der Waals surface area contributed by atoms with Crippen molar-refractivity contribution in [2.24, 2.45) is 15.9 Å². The van der Waals surface area contributed by atoms with Crippen LogP contribution in [0.25, 0.3) is 21.8 Å². The Morgan fingerprint density at radius 3 is 2.52 bits per heavy atom. The summed E-state index contributed by atoms with van der Waals surface area (Å²) in [4.78, 5) is 21.4. The summed E-state index contributed by atoms with van der Waals surface area (Å²) in [6, 6.07) is 20.9. The Balaban J connectivity index is 1.35. The molecular weight excluding hydrogens is 382 g/mol.